The fraction of sp³-hybridized carbons (Fsp3) is 0.576. The summed E-state index contributed by atoms with van der Waals surface area (Å²) in [7, 11) is 1.14. The van der Waals surface area contributed by atoms with Gasteiger partial charge in [0.15, 0.2) is 14.1 Å². The molecular formula is C33H50O8Si. The van der Waals surface area contributed by atoms with Crippen LogP contribution in [0.2, 0.25) is 18.1 Å². The molecule has 234 valence electrons. The molecule has 2 aromatic rings. The second kappa shape index (κ2) is 15.1. The average Bonchev–Trinajstić information content (AvgIpc) is 3.17. The molecule has 1 N–H and O–H groups in total. The van der Waals surface area contributed by atoms with E-state index in [4.69, 9.17) is 32.8 Å². The Morgan fingerprint density at radius 2 is 1.57 bits per heavy atom. The highest BCUT2D eigenvalue weighted by Crippen LogP contribution is 2.46. The molecule has 0 saturated carbocycles. The largest absolute Gasteiger partial charge is 0.497 e. The summed E-state index contributed by atoms with van der Waals surface area (Å²) in [6, 6.07) is 17.5. The lowest BCUT2D eigenvalue weighted by Gasteiger charge is -2.39. The van der Waals surface area contributed by atoms with Crippen molar-refractivity contribution in [3.63, 3.8) is 0 Å². The molecule has 8 nitrogen and oxygen atoms in total. The van der Waals surface area contributed by atoms with Crippen LogP contribution in [-0.2, 0) is 41.3 Å². The van der Waals surface area contributed by atoms with Crippen LogP contribution in [0, 0.1) is 0 Å². The topological polar surface area (TPSA) is 84.8 Å². The summed E-state index contributed by atoms with van der Waals surface area (Å²) >= 11 is 0. The van der Waals surface area contributed by atoms with Crippen LogP contribution >= 0.6 is 0 Å². The summed E-state index contributed by atoms with van der Waals surface area (Å²) in [5.74, 6) is -0.950. The minimum Gasteiger partial charge on any atom is -0.497 e. The normalized spacial score (nSPS) is 24.6. The van der Waals surface area contributed by atoms with Gasteiger partial charge >= 0.3 is 0 Å². The van der Waals surface area contributed by atoms with Crippen LogP contribution in [0.5, 0.6) is 5.75 Å². The van der Waals surface area contributed by atoms with Gasteiger partial charge in [-0.05, 0) is 41.4 Å². The van der Waals surface area contributed by atoms with Crippen molar-refractivity contribution in [1.82, 2.24) is 0 Å². The van der Waals surface area contributed by atoms with Crippen molar-refractivity contribution >= 4 is 8.32 Å². The molecule has 0 aromatic heterocycles. The summed E-state index contributed by atoms with van der Waals surface area (Å²) < 4.78 is 42.8. The van der Waals surface area contributed by atoms with E-state index < -0.39 is 31.9 Å². The molecule has 1 fully saturated rings. The molecule has 4 atom stereocenters. The molecule has 0 radical (unpaired) electrons. The molecule has 42 heavy (non-hydrogen) atoms. The summed E-state index contributed by atoms with van der Waals surface area (Å²) in [6.45, 7) is 16.1. The van der Waals surface area contributed by atoms with Crippen LogP contribution in [0.4, 0.5) is 0 Å². The Labute approximate surface area is 253 Å². The van der Waals surface area contributed by atoms with E-state index >= 15 is 0 Å². The van der Waals surface area contributed by atoms with Gasteiger partial charge in [0.25, 0.3) is 0 Å². The van der Waals surface area contributed by atoms with E-state index in [2.05, 4.69) is 40.4 Å². The highest BCUT2D eigenvalue weighted by molar-refractivity contribution is 6.74. The molecule has 2 aromatic carbocycles. The number of benzene rings is 2. The third kappa shape index (κ3) is 8.73. The standard InChI is InChI=1S/C33H50O8Si/c1-9-19-33(34)30(39-23-27-15-17-28(36-6)18-16-27)29(38-22-26-13-11-10-12-14-26)32(41-33,24-37-25-35-5)20-21-40-42(7,8)31(2,3)4/h9-18,29-30,34H,1,19-25H2,2-8H3/t29-,30-,32-,33?/m1/s1. The van der Waals surface area contributed by atoms with Crippen LogP contribution in [0.15, 0.2) is 67.3 Å². The highest BCUT2D eigenvalue weighted by Gasteiger charge is 2.63. The van der Waals surface area contributed by atoms with Crippen molar-refractivity contribution in [1.29, 1.82) is 0 Å². The summed E-state index contributed by atoms with van der Waals surface area (Å²) in [5.41, 5.74) is 0.834. The second-order valence-electron chi connectivity index (χ2n) is 12.4. The summed E-state index contributed by atoms with van der Waals surface area (Å²) in [5, 5.41) is 12.1. The van der Waals surface area contributed by atoms with Gasteiger partial charge in [-0.1, -0.05) is 69.3 Å². The number of hydrogen-bond donors (Lipinski definition) is 1. The quantitative estimate of drug-likeness (QED) is 0.0987. The maximum absolute atomic E-state index is 12.0. The van der Waals surface area contributed by atoms with Crippen LogP contribution < -0.4 is 4.74 Å². The van der Waals surface area contributed by atoms with Crippen LogP contribution in [-0.4, -0.2) is 71.2 Å². The Balaban J connectivity index is 1.97. The van der Waals surface area contributed by atoms with Gasteiger partial charge in [-0.3, -0.25) is 0 Å². The monoisotopic (exact) mass is 602 g/mol. The smallest absolute Gasteiger partial charge is 0.199 e. The molecule has 0 amide bonds. The van der Waals surface area contributed by atoms with Gasteiger partial charge in [0, 0.05) is 26.6 Å². The molecule has 0 bridgehead atoms. The molecule has 1 saturated heterocycles. The first-order valence-corrected chi connectivity index (χ1v) is 17.4. The van der Waals surface area contributed by atoms with Crippen molar-refractivity contribution in [3.8, 4) is 5.75 Å². The number of aliphatic hydroxyl groups is 1. The molecule has 1 unspecified atom stereocenters. The van der Waals surface area contributed by atoms with E-state index in [1.165, 1.54) is 0 Å². The number of ether oxygens (including phenoxy) is 6. The van der Waals surface area contributed by atoms with Gasteiger partial charge in [-0.25, -0.2) is 0 Å². The van der Waals surface area contributed by atoms with Crippen molar-refractivity contribution in [2.24, 2.45) is 0 Å². The Morgan fingerprint density at radius 3 is 2.14 bits per heavy atom. The van der Waals surface area contributed by atoms with Crippen molar-refractivity contribution < 1.29 is 38.0 Å². The molecule has 0 spiro atoms. The van der Waals surface area contributed by atoms with Crippen molar-refractivity contribution in [2.45, 2.75) is 88.6 Å². The van der Waals surface area contributed by atoms with Gasteiger partial charge in [0.2, 0.25) is 0 Å². The van der Waals surface area contributed by atoms with E-state index in [1.54, 1.807) is 20.3 Å². The molecule has 9 heteroatoms. The lowest BCUT2D eigenvalue weighted by Crippen LogP contribution is -2.51. The number of rotatable bonds is 17. The zero-order chi connectivity index (χ0) is 30.9. The third-order valence-electron chi connectivity index (χ3n) is 8.26. The lowest BCUT2D eigenvalue weighted by atomic mass is 9.90. The second-order valence-corrected chi connectivity index (χ2v) is 17.2. The summed E-state index contributed by atoms with van der Waals surface area (Å²) in [4.78, 5) is 0. The number of methoxy groups -OCH3 is 2. The SMILES string of the molecule is C=CCC1(O)O[C@](CCO[Si](C)(C)C(C)(C)C)(COCOC)[C@H](OCc2ccccc2)[C@H]1OCc1ccc(OC)cc1. The molecule has 1 heterocycles. The zero-order valence-electron chi connectivity index (χ0n) is 26.4. The van der Waals surface area contributed by atoms with Gasteiger partial charge in [0.05, 0.1) is 26.9 Å². The fourth-order valence-electron chi connectivity index (χ4n) is 4.84. The Bertz CT molecular complexity index is 1090. The Morgan fingerprint density at radius 1 is 0.952 bits per heavy atom. The van der Waals surface area contributed by atoms with Gasteiger partial charge in [0.1, 0.15) is 30.4 Å². The first-order valence-electron chi connectivity index (χ1n) is 14.5. The maximum Gasteiger partial charge on any atom is 0.199 e. The Hall–Kier alpha value is -2.08. The van der Waals surface area contributed by atoms with E-state index in [-0.39, 0.29) is 31.5 Å². The average molecular weight is 603 g/mol. The lowest BCUT2D eigenvalue weighted by molar-refractivity contribution is -0.267. The predicted molar refractivity (Wildman–Crippen MR) is 166 cm³/mol. The molecule has 1 aliphatic heterocycles. The van der Waals surface area contributed by atoms with Gasteiger partial charge in [-0.15, -0.1) is 6.58 Å². The highest BCUT2D eigenvalue weighted by atomic mass is 28.4. The van der Waals surface area contributed by atoms with Gasteiger partial charge in [-0.2, -0.15) is 0 Å². The van der Waals surface area contributed by atoms with Crippen molar-refractivity contribution in [2.75, 3.05) is 34.2 Å². The fourth-order valence-corrected chi connectivity index (χ4v) is 5.89. The Kier molecular flexibility index (Phi) is 12.4. The van der Waals surface area contributed by atoms with E-state index in [0.29, 0.717) is 19.6 Å². The van der Waals surface area contributed by atoms with Crippen LogP contribution in [0.1, 0.15) is 44.7 Å². The van der Waals surface area contributed by atoms with Crippen LogP contribution in [0.25, 0.3) is 0 Å². The summed E-state index contributed by atoms with van der Waals surface area (Å²) in [6.07, 6.45) is 0.655. The maximum atomic E-state index is 12.0. The number of hydrogen-bond acceptors (Lipinski definition) is 8. The third-order valence-corrected chi connectivity index (χ3v) is 12.8. The zero-order valence-corrected chi connectivity index (χ0v) is 27.4. The van der Waals surface area contributed by atoms with Crippen LogP contribution in [0.3, 0.4) is 0 Å². The minimum absolute atomic E-state index is 0.0417. The molecule has 0 aliphatic carbocycles. The van der Waals surface area contributed by atoms with E-state index in [0.717, 1.165) is 16.9 Å². The van der Waals surface area contributed by atoms with E-state index in [9.17, 15) is 5.11 Å². The van der Waals surface area contributed by atoms with Crippen molar-refractivity contribution in [3.05, 3.63) is 78.4 Å². The molecular weight excluding hydrogens is 552 g/mol. The first-order chi connectivity index (χ1) is 19.9. The molecule has 1 aliphatic rings. The minimum atomic E-state index is -2.06. The van der Waals surface area contributed by atoms with E-state index in [1.807, 2.05) is 54.6 Å². The predicted octanol–water partition coefficient (Wildman–Crippen LogP) is 6.23. The first kappa shape index (κ1) is 34.4. The van der Waals surface area contributed by atoms with Gasteiger partial charge < -0.3 is 38.0 Å². The molecule has 3 rings (SSSR count).